The van der Waals surface area contributed by atoms with Gasteiger partial charge in [0.15, 0.2) is 5.13 Å². The van der Waals surface area contributed by atoms with E-state index in [0.29, 0.717) is 28.8 Å². The number of ether oxygens (including phenoxy) is 1. The molecule has 35 heavy (non-hydrogen) atoms. The second-order valence-corrected chi connectivity index (χ2v) is 9.49. The molecule has 1 aliphatic rings. The maximum Gasteiger partial charge on any atom is 0.302 e. The number of furan rings is 1. The van der Waals surface area contributed by atoms with Gasteiger partial charge in [-0.1, -0.05) is 36.5 Å². The van der Waals surface area contributed by atoms with Gasteiger partial charge in [-0.3, -0.25) is 14.5 Å². The zero-order valence-corrected chi connectivity index (χ0v) is 20.4. The van der Waals surface area contributed by atoms with Crippen LogP contribution in [-0.4, -0.2) is 28.4 Å². The predicted octanol–water partition coefficient (Wildman–Crippen LogP) is 5.92. The van der Waals surface area contributed by atoms with E-state index in [1.807, 2.05) is 32.9 Å². The van der Waals surface area contributed by atoms with E-state index in [4.69, 9.17) is 14.1 Å². The number of hydrogen-bond donors (Lipinski definition) is 1. The van der Waals surface area contributed by atoms with Gasteiger partial charge in [0.05, 0.1) is 28.7 Å². The lowest BCUT2D eigenvalue weighted by Gasteiger charge is -2.20. The summed E-state index contributed by atoms with van der Waals surface area (Å²) in [5.41, 5.74) is 3.17. The Labute approximate surface area is 206 Å². The molecule has 1 N–H and O–H groups in total. The minimum atomic E-state index is -0.952. The summed E-state index contributed by atoms with van der Waals surface area (Å²) in [5.74, 6) is -0.925. The number of aryl methyl sites for hydroxylation is 2. The van der Waals surface area contributed by atoms with Gasteiger partial charge in [0.1, 0.15) is 23.3 Å². The lowest BCUT2D eigenvalue weighted by Crippen LogP contribution is -2.29. The van der Waals surface area contributed by atoms with Crippen molar-refractivity contribution in [3.8, 4) is 5.75 Å². The number of rotatable bonds is 6. The quantitative estimate of drug-likeness (QED) is 0.206. The van der Waals surface area contributed by atoms with Crippen LogP contribution >= 0.6 is 11.3 Å². The molecule has 7 nitrogen and oxygen atoms in total. The average Bonchev–Trinajstić information content (AvgIpc) is 3.56. The van der Waals surface area contributed by atoms with Crippen LogP contribution in [0, 0.1) is 13.8 Å². The molecule has 2 aromatic heterocycles. The number of ketones is 1. The third-order valence-corrected chi connectivity index (χ3v) is 6.86. The van der Waals surface area contributed by atoms with Crippen LogP contribution in [0.15, 0.2) is 64.8 Å². The van der Waals surface area contributed by atoms with Crippen LogP contribution < -0.4 is 9.64 Å². The molecule has 0 spiro atoms. The van der Waals surface area contributed by atoms with E-state index >= 15 is 0 Å². The third kappa shape index (κ3) is 4.00. The van der Waals surface area contributed by atoms with Gasteiger partial charge in [0, 0.05) is 5.56 Å². The second kappa shape index (κ2) is 9.03. The molecule has 178 valence electrons. The predicted molar refractivity (Wildman–Crippen MR) is 135 cm³/mol. The van der Waals surface area contributed by atoms with Crippen LogP contribution in [-0.2, 0) is 9.59 Å². The first-order valence-electron chi connectivity index (χ1n) is 11.3. The molecule has 8 heteroatoms. The topological polar surface area (TPSA) is 92.9 Å². The number of amides is 1. The van der Waals surface area contributed by atoms with Crippen molar-refractivity contribution < 1.29 is 23.8 Å². The van der Waals surface area contributed by atoms with E-state index in [-0.39, 0.29) is 11.3 Å². The molecule has 4 aromatic rings. The second-order valence-electron chi connectivity index (χ2n) is 8.49. The van der Waals surface area contributed by atoms with Crippen LogP contribution in [0.1, 0.15) is 41.8 Å². The van der Waals surface area contributed by atoms with Crippen molar-refractivity contribution in [3.63, 3.8) is 0 Å². The van der Waals surface area contributed by atoms with Gasteiger partial charge in [0.25, 0.3) is 5.78 Å². The van der Waals surface area contributed by atoms with Crippen molar-refractivity contribution in [2.75, 3.05) is 11.5 Å². The molecule has 0 aliphatic carbocycles. The number of fused-ring (bicyclic) bond motifs is 1. The first-order valence-corrected chi connectivity index (χ1v) is 12.2. The number of carbonyl (C=O) groups excluding carboxylic acids is 2. The highest BCUT2D eigenvalue weighted by molar-refractivity contribution is 7.22. The maximum atomic E-state index is 13.3. The summed E-state index contributed by atoms with van der Waals surface area (Å²) in [5, 5.41) is 11.6. The van der Waals surface area contributed by atoms with Crippen molar-refractivity contribution in [2.45, 2.75) is 33.2 Å². The lowest BCUT2D eigenvalue weighted by atomic mass is 9.99. The number of carbonyl (C=O) groups is 2. The molecule has 1 unspecified atom stereocenters. The number of benzene rings is 2. The van der Waals surface area contributed by atoms with E-state index in [1.54, 1.807) is 36.4 Å². The maximum absolute atomic E-state index is 13.3. The van der Waals surface area contributed by atoms with Gasteiger partial charge in [-0.25, -0.2) is 4.98 Å². The van der Waals surface area contributed by atoms with Crippen molar-refractivity contribution >= 4 is 44.1 Å². The summed E-state index contributed by atoms with van der Waals surface area (Å²) < 4.78 is 12.2. The Morgan fingerprint density at radius 3 is 2.74 bits per heavy atom. The van der Waals surface area contributed by atoms with Crippen LogP contribution in [0.3, 0.4) is 0 Å². The minimum Gasteiger partial charge on any atom is -0.507 e. The van der Waals surface area contributed by atoms with Crippen molar-refractivity contribution in [3.05, 3.63) is 82.8 Å². The fourth-order valence-corrected chi connectivity index (χ4v) is 5.48. The van der Waals surface area contributed by atoms with Crippen LogP contribution in [0.4, 0.5) is 5.13 Å². The Morgan fingerprint density at radius 2 is 2.00 bits per heavy atom. The lowest BCUT2D eigenvalue weighted by molar-refractivity contribution is -0.132. The fraction of sp³-hybridized carbons (Fsp3) is 0.222. The average molecular weight is 489 g/mol. The van der Waals surface area contributed by atoms with Gasteiger partial charge in [-0.2, -0.15) is 0 Å². The molecular weight excluding hydrogens is 464 g/mol. The normalized spacial score (nSPS) is 17.5. The number of aliphatic hydroxyl groups is 1. The summed E-state index contributed by atoms with van der Waals surface area (Å²) in [6, 6.07) is 13.3. The molecule has 1 amide bonds. The molecule has 2 aromatic carbocycles. The summed E-state index contributed by atoms with van der Waals surface area (Å²) in [6.45, 7) is 6.49. The smallest absolute Gasteiger partial charge is 0.302 e. The van der Waals surface area contributed by atoms with Crippen LogP contribution in [0.25, 0.3) is 16.0 Å². The molecule has 5 rings (SSSR count). The van der Waals surface area contributed by atoms with E-state index in [1.165, 1.54) is 22.5 Å². The van der Waals surface area contributed by atoms with E-state index in [0.717, 1.165) is 27.8 Å². The highest BCUT2D eigenvalue weighted by atomic mass is 32.1. The largest absolute Gasteiger partial charge is 0.507 e. The van der Waals surface area contributed by atoms with E-state index in [9.17, 15) is 14.7 Å². The van der Waals surface area contributed by atoms with E-state index in [2.05, 4.69) is 0 Å². The summed E-state index contributed by atoms with van der Waals surface area (Å²) in [4.78, 5) is 32.6. The van der Waals surface area contributed by atoms with E-state index < -0.39 is 17.7 Å². The number of Topliss-reactive ketones (excluding diaryl/α,β-unsaturated/α-hetero) is 1. The third-order valence-electron chi connectivity index (χ3n) is 5.86. The molecule has 1 fully saturated rings. The number of thiazole rings is 1. The van der Waals surface area contributed by atoms with Crippen molar-refractivity contribution in [1.82, 2.24) is 4.98 Å². The standard InChI is InChI=1S/C27H24N2O5S/c1-4-10-33-18-8-5-7-17(14-18)24(30)21-23(19-9-6-11-34-19)29(26(32)25(21)31)27-28-22-16(3)12-15(2)13-20(22)35-27/h5-9,11-14,23,30H,4,10H2,1-3H3. The molecular formula is C27H24N2O5S. The Morgan fingerprint density at radius 1 is 1.17 bits per heavy atom. The Hall–Kier alpha value is -3.91. The van der Waals surface area contributed by atoms with Crippen molar-refractivity contribution in [2.24, 2.45) is 0 Å². The molecule has 3 heterocycles. The Bertz CT molecular complexity index is 1470. The van der Waals surface area contributed by atoms with Gasteiger partial charge < -0.3 is 14.3 Å². The SMILES string of the molecule is CCCOc1cccc(C(O)=C2C(=O)C(=O)N(c3nc4c(C)cc(C)cc4s3)C2c2ccco2)c1. The van der Waals surface area contributed by atoms with Crippen molar-refractivity contribution in [1.29, 1.82) is 0 Å². The highest BCUT2D eigenvalue weighted by Crippen LogP contribution is 2.45. The highest BCUT2D eigenvalue weighted by Gasteiger charge is 2.49. The number of aromatic nitrogens is 1. The molecule has 1 saturated heterocycles. The Kier molecular flexibility index (Phi) is 5.90. The summed E-state index contributed by atoms with van der Waals surface area (Å²) >= 11 is 1.33. The monoisotopic (exact) mass is 488 g/mol. The summed E-state index contributed by atoms with van der Waals surface area (Å²) in [6.07, 6.45) is 2.31. The molecule has 0 saturated carbocycles. The fourth-order valence-electron chi connectivity index (χ4n) is 4.32. The first kappa shape index (κ1) is 22.9. The molecule has 1 atom stereocenters. The van der Waals surface area contributed by atoms with Gasteiger partial charge in [-0.05, 0) is 61.7 Å². The summed E-state index contributed by atoms with van der Waals surface area (Å²) in [7, 11) is 0. The first-order chi connectivity index (χ1) is 16.9. The van der Waals surface area contributed by atoms with Gasteiger partial charge in [0.2, 0.25) is 0 Å². The van der Waals surface area contributed by atoms with Crippen LogP contribution in [0.2, 0.25) is 0 Å². The Balaban J connectivity index is 1.66. The van der Waals surface area contributed by atoms with Gasteiger partial charge in [-0.15, -0.1) is 0 Å². The molecule has 0 radical (unpaired) electrons. The molecule has 1 aliphatic heterocycles. The molecule has 0 bridgehead atoms. The number of anilines is 1. The number of nitrogens with zero attached hydrogens (tertiary/aromatic N) is 2. The van der Waals surface area contributed by atoms with Crippen LogP contribution in [0.5, 0.6) is 5.75 Å². The zero-order valence-electron chi connectivity index (χ0n) is 19.6. The van der Waals surface area contributed by atoms with Gasteiger partial charge >= 0.3 is 5.91 Å². The number of hydrogen-bond acceptors (Lipinski definition) is 7. The minimum absolute atomic E-state index is 0.0512. The number of aliphatic hydroxyl groups excluding tert-OH is 1. The zero-order chi connectivity index (χ0) is 24.7.